The molecular weight excluding hydrogens is 346 g/mol. The number of hydrogen-bond acceptors (Lipinski definition) is 0. The van der Waals surface area contributed by atoms with Crippen molar-refractivity contribution in [2.24, 2.45) is 0 Å². The first-order chi connectivity index (χ1) is 6.30. The molecule has 0 bridgehead atoms. The summed E-state index contributed by atoms with van der Waals surface area (Å²) in [4.78, 5) is 0. The molecule has 1 aliphatic carbocycles. The summed E-state index contributed by atoms with van der Waals surface area (Å²) in [6.45, 7) is 4.66. The number of rotatable bonds is 1. The summed E-state index contributed by atoms with van der Waals surface area (Å²) in [7, 11) is 0.318. The fraction of sp³-hybridized carbons (Fsp3) is 0.214. The van der Waals surface area contributed by atoms with Gasteiger partial charge in [-0.25, -0.2) is 17.3 Å². The summed E-state index contributed by atoms with van der Waals surface area (Å²) in [5.41, 5.74) is 0. The summed E-state index contributed by atoms with van der Waals surface area (Å²) >= 11 is 0. The third kappa shape index (κ3) is 18.8. The fourth-order valence-electron chi connectivity index (χ4n) is 1.06. The van der Waals surface area contributed by atoms with Crippen LogP contribution >= 0.6 is 8.19 Å². The van der Waals surface area contributed by atoms with Crippen LogP contribution in [0.4, 0.5) is 0 Å². The van der Waals surface area contributed by atoms with Gasteiger partial charge in [0.1, 0.15) is 0 Å². The SMILES string of the molecule is C[SiH](C)C1=[C-]CC=C1.[CH3-].[CH3-].[CH3-].[Cl-].[Cl-].[Ti+2].[c-]1ccc[pH]1. The van der Waals surface area contributed by atoms with Crippen LogP contribution in [0.2, 0.25) is 13.1 Å². The smallest absolute Gasteiger partial charge is 1.00 e. The van der Waals surface area contributed by atoms with Crippen LogP contribution in [0.15, 0.2) is 35.3 Å². The van der Waals surface area contributed by atoms with Gasteiger partial charge in [-0.05, 0) is 0 Å². The van der Waals surface area contributed by atoms with Gasteiger partial charge >= 0.3 is 21.7 Å². The molecule has 0 aromatic carbocycles. The van der Waals surface area contributed by atoms with E-state index < -0.39 is 8.80 Å². The van der Waals surface area contributed by atoms with Crippen LogP contribution in [0, 0.1) is 34.2 Å². The van der Waals surface area contributed by atoms with Gasteiger partial charge in [0.2, 0.25) is 0 Å². The maximum Gasteiger partial charge on any atom is 2.00 e. The van der Waals surface area contributed by atoms with Gasteiger partial charge in [-0.15, -0.1) is 6.42 Å². The van der Waals surface area contributed by atoms with Crippen LogP contribution in [-0.2, 0) is 21.7 Å². The zero-order valence-electron chi connectivity index (χ0n) is 12.4. The molecule has 1 aromatic heterocycles. The van der Waals surface area contributed by atoms with Crippen LogP contribution in [0.3, 0.4) is 0 Å². The first kappa shape index (κ1) is 36.7. The van der Waals surface area contributed by atoms with Crippen LogP contribution in [0.25, 0.3) is 0 Å². The molecule has 1 atom stereocenters. The molecule has 0 nitrogen and oxygen atoms in total. The van der Waals surface area contributed by atoms with E-state index in [9.17, 15) is 0 Å². The molecular formula is C14H24Cl2PSiTi-5. The van der Waals surface area contributed by atoms with Gasteiger partial charge in [0.25, 0.3) is 0 Å². The van der Waals surface area contributed by atoms with E-state index in [-0.39, 0.29) is 68.8 Å². The van der Waals surface area contributed by atoms with Crippen molar-refractivity contribution in [1.82, 2.24) is 0 Å². The molecule has 0 N–H and O–H groups in total. The molecule has 0 radical (unpaired) electrons. The Hall–Kier alpha value is 0.771. The van der Waals surface area contributed by atoms with Crippen molar-refractivity contribution >= 4 is 17.0 Å². The minimum atomic E-state index is -0.504. The second-order valence-corrected chi connectivity index (χ2v) is 7.05. The molecule has 112 valence electrons. The largest absolute Gasteiger partial charge is 2.00 e. The summed E-state index contributed by atoms with van der Waals surface area (Å²) in [6, 6.07) is 3.96. The standard InChI is InChI=1S/C7H11Si.C4H4P.3CH3.2ClH.Ti/c1-8(2)7-5-3-4-6-7;1-2-4-5-3-1;;;;;;/h3,5,8H,4H2,1-2H3;1-3,5H;3*1H3;2*1H;/q5*-1;;;+2/p-2. The first-order valence-electron chi connectivity index (χ1n) is 4.57. The molecule has 1 aliphatic rings. The van der Waals surface area contributed by atoms with E-state index >= 15 is 0 Å². The molecule has 5 heteroatoms. The Morgan fingerprint density at radius 2 is 1.74 bits per heavy atom. The van der Waals surface area contributed by atoms with Crippen molar-refractivity contribution in [2.45, 2.75) is 19.5 Å². The molecule has 0 aliphatic heterocycles. The second-order valence-electron chi connectivity index (χ2n) is 3.21. The average Bonchev–Trinajstić information content (AvgIpc) is 2.82. The molecule has 1 unspecified atom stereocenters. The summed E-state index contributed by atoms with van der Waals surface area (Å²) < 4.78 is 0. The second kappa shape index (κ2) is 23.8. The van der Waals surface area contributed by atoms with Crippen molar-refractivity contribution in [3.05, 3.63) is 69.4 Å². The summed E-state index contributed by atoms with van der Waals surface area (Å²) in [5, 5.41) is 1.50. The van der Waals surface area contributed by atoms with Crippen molar-refractivity contribution in [3.8, 4) is 0 Å². The molecule has 2 rings (SSSR count). The van der Waals surface area contributed by atoms with Gasteiger partial charge in [0.15, 0.2) is 0 Å². The predicted octanol–water partition coefficient (Wildman–Crippen LogP) is -1.42. The van der Waals surface area contributed by atoms with Crippen molar-refractivity contribution in [1.29, 1.82) is 0 Å². The molecule has 1 heterocycles. The minimum Gasteiger partial charge on any atom is -1.00 e. The Bertz CT molecular complexity index is 268. The maximum atomic E-state index is 3.32. The summed E-state index contributed by atoms with van der Waals surface area (Å²) in [6.07, 6.45) is 8.78. The Morgan fingerprint density at radius 3 is 1.89 bits per heavy atom. The quantitative estimate of drug-likeness (QED) is 0.421. The van der Waals surface area contributed by atoms with Gasteiger partial charge < -0.3 is 47.1 Å². The van der Waals surface area contributed by atoms with Gasteiger partial charge in [0.05, 0.1) is 0 Å². The normalized spacial score (nSPS) is 9.95. The van der Waals surface area contributed by atoms with E-state index in [0.717, 1.165) is 14.6 Å². The Labute approximate surface area is 151 Å². The van der Waals surface area contributed by atoms with Crippen LogP contribution in [-0.4, -0.2) is 8.80 Å². The van der Waals surface area contributed by atoms with Gasteiger partial charge in [-0.3, -0.25) is 14.3 Å². The van der Waals surface area contributed by atoms with Crippen molar-refractivity contribution in [2.75, 3.05) is 0 Å². The number of halogens is 2. The minimum absolute atomic E-state index is 0. The monoisotopic (exact) mass is 369 g/mol. The van der Waals surface area contributed by atoms with E-state index in [1.807, 2.05) is 12.1 Å². The van der Waals surface area contributed by atoms with Crippen LogP contribution in [0.1, 0.15) is 6.42 Å². The van der Waals surface area contributed by atoms with E-state index in [1.54, 1.807) is 0 Å². The van der Waals surface area contributed by atoms with E-state index in [1.165, 1.54) is 5.20 Å². The van der Waals surface area contributed by atoms with Gasteiger partial charge in [0, 0.05) is 8.80 Å². The van der Waals surface area contributed by atoms with Crippen LogP contribution < -0.4 is 24.8 Å². The third-order valence-corrected chi connectivity index (χ3v) is 4.12. The van der Waals surface area contributed by atoms with Crippen LogP contribution in [0.5, 0.6) is 0 Å². The zero-order chi connectivity index (χ0) is 9.52. The Morgan fingerprint density at radius 1 is 1.16 bits per heavy atom. The molecule has 0 spiro atoms. The maximum absolute atomic E-state index is 3.32. The van der Waals surface area contributed by atoms with E-state index in [4.69, 9.17) is 0 Å². The van der Waals surface area contributed by atoms with Gasteiger partial charge in [-0.1, -0.05) is 13.1 Å². The van der Waals surface area contributed by atoms with Gasteiger partial charge in [-0.2, -0.15) is 23.7 Å². The van der Waals surface area contributed by atoms with Crippen molar-refractivity contribution in [3.63, 3.8) is 0 Å². The first-order valence-corrected chi connectivity index (χ1v) is 8.54. The summed E-state index contributed by atoms with van der Waals surface area (Å²) in [5.74, 6) is 5.11. The number of hydrogen-bond donors (Lipinski definition) is 0. The Kier molecular flexibility index (Phi) is 46.1. The number of allylic oxidation sites excluding steroid dienone is 4. The topological polar surface area (TPSA) is 0 Å². The molecule has 0 saturated heterocycles. The fourth-order valence-corrected chi connectivity index (χ4v) is 2.59. The van der Waals surface area contributed by atoms with Crippen molar-refractivity contribution < 1.29 is 46.5 Å². The van der Waals surface area contributed by atoms with E-state index in [2.05, 4.69) is 42.9 Å². The molecule has 0 fully saturated rings. The average molecular weight is 370 g/mol. The molecule has 0 saturated carbocycles. The predicted molar refractivity (Wildman–Crippen MR) is 83.4 cm³/mol. The molecule has 19 heavy (non-hydrogen) atoms. The Balaban J connectivity index is -0.0000000352. The molecule has 0 amide bonds. The third-order valence-electron chi connectivity index (χ3n) is 1.79. The zero-order valence-corrected chi connectivity index (χ0v) is 17.7. The molecule has 1 aromatic rings. The van der Waals surface area contributed by atoms with E-state index in [0.29, 0.717) is 0 Å².